The van der Waals surface area contributed by atoms with E-state index in [-0.39, 0.29) is 12.1 Å². The van der Waals surface area contributed by atoms with Crippen molar-refractivity contribution in [2.45, 2.75) is 46.6 Å². The van der Waals surface area contributed by atoms with Crippen molar-refractivity contribution in [1.29, 1.82) is 0 Å². The first-order valence-corrected chi connectivity index (χ1v) is 4.19. The van der Waals surface area contributed by atoms with Gasteiger partial charge in [-0.15, -0.1) is 0 Å². The van der Waals surface area contributed by atoms with Crippen molar-refractivity contribution < 1.29 is 9.53 Å². The van der Waals surface area contributed by atoms with Gasteiger partial charge >= 0.3 is 5.97 Å². The molecule has 1 unspecified atom stereocenters. The first-order valence-electron chi connectivity index (χ1n) is 4.19. The largest absolute Gasteiger partial charge is 0.463 e. The van der Waals surface area contributed by atoms with E-state index in [1.807, 2.05) is 6.92 Å². The minimum absolute atomic E-state index is 0.0786. The molecule has 0 saturated carbocycles. The van der Waals surface area contributed by atoms with Crippen LogP contribution in [0.3, 0.4) is 0 Å². The summed E-state index contributed by atoms with van der Waals surface area (Å²) in [5, 5.41) is 0. The quantitative estimate of drug-likeness (QED) is 0.587. The standard InChI is InChI=1S/C9H18O2/c1-7(2)5-6-8(3)11-9(4)10/h7-8H,5-6H2,1-4H3. The average molecular weight is 158 g/mol. The number of rotatable bonds is 4. The van der Waals surface area contributed by atoms with Gasteiger partial charge in [0.1, 0.15) is 0 Å². The second kappa shape index (κ2) is 5.16. The zero-order chi connectivity index (χ0) is 8.85. The number of carbonyl (C=O) groups is 1. The topological polar surface area (TPSA) is 26.3 Å². The Balaban J connectivity index is 3.37. The third-order valence-electron chi connectivity index (χ3n) is 1.52. The van der Waals surface area contributed by atoms with Gasteiger partial charge in [0.2, 0.25) is 0 Å². The first-order chi connectivity index (χ1) is 5.02. The summed E-state index contributed by atoms with van der Waals surface area (Å²) in [5.74, 6) is 0.509. The molecule has 2 heteroatoms. The van der Waals surface area contributed by atoms with Crippen molar-refractivity contribution in [1.82, 2.24) is 0 Å². The molecule has 0 rings (SSSR count). The van der Waals surface area contributed by atoms with Crippen LogP contribution in [0, 0.1) is 5.92 Å². The molecule has 0 aliphatic rings. The van der Waals surface area contributed by atoms with E-state index in [2.05, 4.69) is 13.8 Å². The molecule has 0 aromatic heterocycles. The maximum Gasteiger partial charge on any atom is 0.302 e. The van der Waals surface area contributed by atoms with Crippen LogP contribution in [0.1, 0.15) is 40.5 Å². The molecule has 0 heterocycles. The minimum Gasteiger partial charge on any atom is -0.463 e. The highest BCUT2D eigenvalue weighted by atomic mass is 16.5. The van der Waals surface area contributed by atoms with E-state index in [1.54, 1.807) is 0 Å². The fraction of sp³-hybridized carbons (Fsp3) is 0.889. The van der Waals surface area contributed by atoms with Gasteiger partial charge in [0.05, 0.1) is 6.10 Å². The van der Waals surface area contributed by atoms with E-state index < -0.39 is 0 Å². The van der Waals surface area contributed by atoms with Crippen LogP contribution in [0.15, 0.2) is 0 Å². The summed E-state index contributed by atoms with van der Waals surface area (Å²) < 4.78 is 4.96. The van der Waals surface area contributed by atoms with Gasteiger partial charge < -0.3 is 4.74 Å². The number of hydrogen-bond acceptors (Lipinski definition) is 2. The van der Waals surface area contributed by atoms with Crippen LogP contribution >= 0.6 is 0 Å². The molecule has 0 saturated heterocycles. The highest BCUT2D eigenvalue weighted by Crippen LogP contribution is 2.08. The lowest BCUT2D eigenvalue weighted by atomic mass is 10.1. The van der Waals surface area contributed by atoms with E-state index >= 15 is 0 Å². The van der Waals surface area contributed by atoms with Crippen LogP contribution in [-0.2, 0) is 9.53 Å². The Morgan fingerprint density at radius 1 is 1.27 bits per heavy atom. The molecular weight excluding hydrogens is 140 g/mol. The summed E-state index contributed by atoms with van der Waals surface area (Å²) in [6, 6.07) is 0. The second-order valence-electron chi connectivity index (χ2n) is 3.39. The lowest BCUT2D eigenvalue weighted by Gasteiger charge is -2.12. The molecule has 0 fully saturated rings. The number of ether oxygens (including phenoxy) is 1. The van der Waals surface area contributed by atoms with Crippen LogP contribution in [0.25, 0.3) is 0 Å². The summed E-state index contributed by atoms with van der Waals surface area (Å²) >= 11 is 0. The van der Waals surface area contributed by atoms with Crippen LogP contribution < -0.4 is 0 Å². The zero-order valence-electron chi connectivity index (χ0n) is 7.89. The van der Waals surface area contributed by atoms with E-state index in [0.717, 1.165) is 12.8 Å². The molecule has 11 heavy (non-hydrogen) atoms. The summed E-state index contributed by atoms with van der Waals surface area (Å²) in [4.78, 5) is 10.5. The molecular formula is C9H18O2. The van der Waals surface area contributed by atoms with E-state index in [1.165, 1.54) is 6.92 Å². The Morgan fingerprint density at radius 3 is 2.18 bits per heavy atom. The molecule has 66 valence electrons. The Hall–Kier alpha value is -0.530. The Kier molecular flexibility index (Phi) is 4.92. The van der Waals surface area contributed by atoms with Crippen molar-refractivity contribution >= 4 is 5.97 Å². The molecule has 0 spiro atoms. The van der Waals surface area contributed by atoms with E-state index in [0.29, 0.717) is 5.92 Å². The molecule has 0 bridgehead atoms. The van der Waals surface area contributed by atoms with Crippen molar-refractivity contribution in [3.05, 3.63) is 0 Å². The minimum atomic E-state index is -0.179. The first kappa shape index (κ1) is 10.5. The van der Waals surface area contributed by atoms with Crippen LogP contribution in [0.4, 0.5) is 0 Å². The molecule has 0 radical (unpaired) electrons. The molecule has 0 aromatic carbocycles. The van der Waals surface area contributed by atoms with Crippen molar-refractivity contribution in [3.63, 3.8) is 0 Å². The van der Waals surface area contributed by atoms with Crippen LogP contribution in [-0.4, -0.2) is 12.1 Å². The predicted molar refractivity (Wildman–Crippen MR) is 45.3 cm³/mol. The third-order valence-corrected chi connectivity index (χ3v) is 1.52. The molecule has 0 N–H and O–H groups in total. The van der Waals surface area contributed by atoms with Crippen LogP contribution in [0.5, 0.6) is 0 Å². The maximum absolute atomic E-state index is 10.5. The maximum atomic E-state index is 10.5. The normalized spacial score (nSPS) is 13.2. The van der Waals surface area contributed by atoms with E-state index in [9.17, 15) is 4.79 Å². The van der Waals surface area contributed by atoms with Gasteiger partial charge in [-0.3, -0.25) is 4.79 Å². The monoisotopic (exact) mass is 158 g/mol. The van der Waals surface area contributed by atoms with E-state index in [4.69, 9.17) is 4.74 Å². The second-order valence-corrected chi connectivity index (χ2v) is 3.39. The molecule has 2 nitrogen and oxygen atoms in total. The molecule has 0 aliphatic heterocycles. The molecule has 0 aliphatic carbocycles. The highest BCUT2D eigenvalue weighted by molar-refractivity contribution is 5.66. The molecule has 0 amide bonds. The Bertz CT molecular complexity index is 119. The lowest BCUT2D eigenvalue weighted by molar-refractivity contribution is -0.145. The molecule has 1 atom stereocenters. The molecule has 0 aromatic rings. The summed E-state index contributed by atoms with van der Waals surface area (Å²) in [6.07, 6.45) is 2.17. The Labute approximate surface area is 68.9 Å². The van der Waals surface area contributed by atoms with Gasteiger partial charge in [-0.2, -0.15) is 0 Å². The van der Waals surface area contributed by atoms with Gasteiger partial charge in [0.15, 0.2) is 0 Å². The summed E-state index contributed by atoms with van der Waals surface area (Å²) in [6.45, 7) is 7.72. The van der Waals surface area contributed by atoms with Gasteiger partial charge in [-0.25, -0.2) is 0 Å². The lowest BCUT2D eigenvalue weighted by Crippen LogP contribution is -2.12. The van der Waals surface area contributed by atoms with Crippen molar-refractivity contribution in [2.75, 3.05) is 0 Å². The number of hydrogen-bond donors (Lipinski definition) is 0. The zero-order valence-corrected chi connectivity index (χ0v) is 7.89. The third kappa shape index (κ3) is 7.37. The van der Waals surface area contributed by atoms with Crippen molar-refractivity contribution in [3.8, 4) is 0 Å². The van der Waals surface area contributed by atoms with Gasteiger partial charge in [-0.05, 0) is 25.7 Å². The fourth-order valence-corrected chi connectivity index (χ4v) is 0.910. The highest BCUT2D eigenvalue weighted by Gasteiger charge is 2.05. The van der Waals surface area contributed by atoms with Crippen LogP contribution in [0.2, 0.25) is 0 Å². The summed E-state index contributed by atoms with van der Waals surface area (Å²) in [5.41, 5.74) is 0. The number of carbonyl (C=O) groups excluding carboxylic acids is 1. The predicted octanol–water partition coefficient (Wildman–Crippen LogP) is 2.37. The van der Waals surface area contributed by atoms with Gasteiger partial charge in [0, 0.05) is 6.92 Å². The average Bonchev–Trinajstić information content (AvgIpc) is 1.82. The van der Waals surface area contributed by atoms with Gasteiger partial charge in [0.25, 0.3) is 0 Å². The Morgan fingerprint density at radius 2 is 1.82 bits per heavy atom. The van der Waals surface area contributed by atoms with Crippen molar-refractivity contribution in [2.24, 2.45) is 5.92 Å². The fourth-order valence-electron chi connectivity index (χ4n) is 0.910. The number of esters is 1. The summed E-state index contributed by atoms with van der Waals surface area (Å²) in [7, 11) is 0. The SMILES string of the molecule is CC(=O)OC(C)CCC(C)C. The smallest absolute Gasteiger partial charge is 0.302 e. The van der Waals surface area contributed by atoms with Gasteiger partial charge in [-0.1, -0.05) is 13.8 Å².